The maximum Gasteiger partial charge on any atom is 0.265 e. The molecule has 5 nitrogen and oxygen atoms in total. The normalized spacial score (nSPS) is 16.1. The Morgan fingerprint density at radius 1 is 1.30 bits per heavy atom. The van der Waals surface area contributed by atoms with Crippen LogP contribution in [0.15, 0.2) is 42.5 Å². The van der Waals surface area contributed by atoms with E-state index >= 15 is 0 Å². The van der Waals surface area contributed by atoms with Crippen molar-refractivity contribution in [3.63, 3.8) is 0 Å². The molecule has 2 N–H and O–H groups in total. The molecule has 0 aliphatic carbocycles. The van der Waals surface area contributed by atoms with E-state index in [-0.39, 0.29) is 18.2 Å². The van der Waals surface area contributed by atoms with Gasteiger partial charge < -0.3 is 15.4 Å². The highest BCUT2D eigenvalue weighted by Crippen LogP contribution is 2.32. The molecule has 0 bridgehead atoms. The number of hydrogen-bond acceptors (Lipinski definition) is 3. The lowest BCUT2D eigenvalue weighted by atomic mass is 10.1. The van der Waals surface area contributed by atoms with Gasteiger partial charge in [-0.2, -0.15) is 0 Å². The number of anilines is 2. The number of nitrogens with one attached hydrogen (secondary N) is 2. The van der Waals surface area contributed by atoms with Crippen molar-refractivity contribution in [2.45, 2.75) is 19.4 Å². The number of ether oxygens (including phenoxy) is 1. The van der Waals surface area contributed by atoms with Gasteiger partial charge in [0.05, 0.1) is 12.1 Å². The Bertz CT molecular complexity index is 776. The minimum absolute atomic E-state index is 0.177. The van der Waals surface area contributed by atoms with Gasteiger partial charge in [0.2, 0.25) is 5.91 Å². The Morgan fingerprint density at radius 3 is 2.87 bits per heavy atom. The second-order valence-electron chi connectivity index (χ2n) is 5.28. The molecule has 2 amide bonds. The first kappa shape index (κ1) is 15.4. The van der Waals surface area contributed by atoms with Crippen LogP contribution in [0.5, 0.6) is 5.75 Å². The lowest BCUT2D eigenvalue weighted by molar-refractivity contribution is -0.122. The lowest BCUT2D eigenvalue weighted by Gasteiger charge is -2.23. The van der Waals surface area contributed by atoms with E-state index in [9.17, 15) is 9.59 Å². The number of carbonyl (C=O) groups excluding carboxylic acids is 2. The third-order valence-electron chi connectivity index (χ3n) is 3.50. The average molecular weight is 331 g/mol. The van der Waals surface area contributed by atoms with Gasteiger partial charge >= 0.3 is 0 Å². The van der Waals surface area contributed by atoms with Crippen LogP contribution in [0.2, 0.25) is 5.02 Å². The Kier molecular flexibility index (Phi) is 4.21. The van der Waals surface area contributed by atoms with Crippen molar-refractivity contribution in [2.75, 3.05) is 10.6 Å². The predicted octanol–water partition coefficient (Wildman–Crippen LogP) is 3.24. The van der Waals surface area contributed by atoms with Gasteiger partial charge in [0.25, 0.3) is 5.91 Å². The van der Waals surface area contributed by atoms with E-state index in [0.717, 1.165) is 5.56 Å². The summed E-state index contributed by atoms with van der Waals surface area (Å²) >= 11 is 6.05. The largest absolute Gasteiger partial charge is 0.479 e. The fraction of sp³-hybridized carbons (Fsp3) is 0.176. The van der Waals surface area contributed by atoms with Gasteiger partial charge in [-0.25, -0.2) is 0 Å². The quantitative estimate of drug-likeness (QED) is 0.907. The first-order valence-corrected chi connectivity index (χ1v) is 7.55. The monoisotopic (exact) mass is 330 g/mol. The summed E-state index contributed by atoms with van der Waals surface area (Å²) in [6.45, 7) is 1.68. The fourth-order valence-corrected chi connectivity index (χ4v) is 2.51. The van der Waals surface area contributed by atoms with E-state index in [1.807, 2.05) is 18.2 Å². The summed E-state index contributed by atoms with van der Waals surface area (Å²) in [7, 11) is 0. The first-order valence-electron chi connectivity index (χ1n) is 7.18. The molecule has 6 heteroatoms. The molecule has 118 valence electrons. The summed E-state index contributed by atoms with van der Waals surface area (Å²) < 4.78 is 5.47. The van der Waals surface area contributed by atoms with Crippen LogP contribution in [0.4, 0.5) is 11.4 Å². The molecule has 0 saturated heterocycles. The van der Waals surface area contributed by atoms with Gasteiger partial charge in [0.15, 0.2) is 6.10 Å². The van der Waals surface area contributed by atoms with Crippen molar-refractivity contribution < 1.29 is 14.3 Å². The molecule has 1 heterocycles. The summed E-state index contributed by atoms with van der Waals surface area (Å²) in [5, 5.41) is 6.09. The van der Waals surface area contributed by atoms with Gasteiger partial charge in [-0.3, -0.25) is 9.59 Å². The Hall–Kier alpha value is -2.53. The highest BCUT2D eigenvalue weighted by molar-refractivity contribution is 6.31. The van der Waals surface area contributed by atoms with Gasteiger partial charge in [-0.05, 0) is 36.8 Å². The third-order valence-corrected chi connectivity index (χ3v) is 3.87. The minimum Gasteiger partial charge on any atom is -0.479 e. The van der Waals surface area contributed by atoms with Crippen LogP contribution in [-0.4, -0.2) is 17.9 Å². The molecular formula is C17H15ClN2O3. The van der Waals surface area contributed by atoms with Crippen LogP contribution < -0.4 is 15.4 Å². The molecule has 0 radical (unpaired) electrons. The molecule has 1 aliphatic heterocycles. The summed E-state index contributed by atoms with van der Waals surface area (Å²) in [6.07, 6.45) is -0.348. The van der Waals surface area contributed by atoms with E-state index in [0.29, 0.717) is 22.1 Å². The highest BCUT2D eigenvalue weighted by Gasteiger charge is 2.23. The summed E-state index contributed by atoms with van der Waals surface area (Å²) in [5.41, 5.74) is 1.89. The molecule has 2 aromatic rings. The maximum atomic E-state index is 12.1. The third kappa shape index (κ3) is 3.46. The van der Waals surface area contributed by atoms with Crippen LogP contribution in [0.3, 0.4) is 0 Å². The summed E-state index contributed by atoms with van der Waals surface area (Å²) in [4.78, 5) is 23.8. The molecule has 0 spiro atoms. The summed E-state index contributed by atoms with van der Waals surface area (Å²) in [6, 6.07) is 12.3. The molecule has 3 rings (SSSR count). The van der Waals surface area contributed by atoms with Crippen LogP contribution >= 0.6 is 11.6 Å². The van der Waals surface area contributed by atoms with Crippen molar-refractivity contribution in [3.05, 3.63) is 53.1 Å². The maximum absolute atomic E-state index is 12.1. The lowest BCUT2D eigenvalue weighted by Crippen LogP contribution is -2.34. The smallest absolute Gasteiger partial charge is 0.265 e. The van der Waals surface area contributed by atoms with Crippen molar-refractivity contribution >= 4 is 34.8 Å². The number of carbonyl (C=O) groups is 2. The molecule has 1 atom stereocenters. The first-order chi connectivity index (χ1) is 11.0. The molecule has 23 heavy (non-hydrogen) atoms. The second kappa shape index (κ2) is 6.30. The van der Waals surface area contributed by atoms with Gasteiger partial charge in [-0.15, -0.1) is 0 Å². The average Bonchev–Trinajstić information content (AvgIpc) is 2.51. The Morgan fingerprint density at radius 2 is 2.09 bits per heavy atom. The molecule has 0 fully saturated rings. The summed E-state index contributed by atoms with van der Waals surface area (Å²) in [5.74, 6) is 0.188. The fourth-order valence-electron chi connectivity index (χ4n) is 2.31. The molecule has 2 aromatic carbocycles. The topological polar surface area (TPSA) is 67.4 Å². The molecule has 0 saturated carbocycles. The van der Waals surface area contributed by atoms with Crippen molar-refractivity contribution in [1.29, 1.82) is 0 Å². The second-order valence-corrected chi connectivity index (χ2v) is 5.68. The van der Waals surface area contributed by atoms with Crippen LogP contribution in [0.25, 0.3) is 0 Å². The van der Waals surface area contributed by atoms with Crippen molar-refractivity contribution in [3.8, 4) is 5.75 Å². The van der Waals surface area contributed by atoms with Gasteiger partial charge in [0.1, 0.15) is 5.75 Å². The Labute approximate surface area is 138 Å². The molecule has 0 unspecified atom stereocenters. The zero-order chi connectivity index (χ0) is 16.4. The number of benzene rings is 2. The number of fused-ring (bicyclic) bond motifs is 1. The number of hydrogen-bond donors (Lipinski definition) is 2. The molecule has 1 aliphatic rings. The zero-order valence-electron chi connectivity index (χ0n) is 12.4. The van der Waals surface area contributed by atoms with Gasteiger partial charge in [0, 0.05) is 10.7 Å². The van der Waals surface area contributed by atoms with Crippen LogP contribution in [0, 0.1) is 0 Å². The SMILES string of the molecule is C[C@H]1Oc2ccc(NC(=O)Cc3ccccc3Cl)cc2NC1=O. The zero-order valence-corrected chi connectivity index (χ0v) is 13.2. The minimum atomic E-state index is -0.525. The molecule has 0 aromatic heterocycles. The van der Waals surface area contributed by atoms with E-state index in [4.69, 9.17) is 16.3 Å². The van der Waals surface area contributed by atoms with E-state index in [1.54, 1.807) is 31.2 Å². The number of rotatable bonds is 3. The standard InChI is InChI=1S/C17H15ClN2O3/c1-10-17(22)20-14-9-12(6-7-15(14)23-10)19-16(21)8-11-4-2-3-5-13(11)18/h2-7,9-10H,8H2,1H3,(H,19,21)(H,20,22)/t10-/m1/s1. The van der Waals surface area contributed by atoms with E-state index in [2.05, 4.69) is 10.6 Å². The molecular weight excluding hydrogens is 316 g/mol. The van der Waals surface area contributed by atoms with Crippen LogP contribution in [-0.2, 0) is 16.0 Å². The highest BCUT2D eigenvalue weighted by atomic mass is 35.5. The van der Waals surface area contributed by atoms with E-state index in [1.165, 1.54) is 0 Å². The Balaban J connectivity index is 1.71. The van der Waals surface area contributed by atoms with E-state index < -0.39 is 6.10 Å². The van der Waals surface area contributed by atoms with Gasteiger partial charge in [-0.1, -0.05) is 29.8 Å². The van der Waals surface area contributed by atoms with Crippen molar-refractivity contribution in [2.24, 2.45) is 0 Å². The predicted molar refractivity (Wildman–Crippen MR) is 88.9 cm³/mol. The van der Waals surface area contributed by atoms with Crippen LogP contribution in [0.1, 0.15) is 12.5 Å². The van der Waals surface area contributed by atoms with Crippen molar-refractivity contribution in [1.82, 2.24) is 0 Å². The number of amides is 2. The number of halogens is 1.